The molecule has 0 aliphatic heterocycles. The number of rotatable bonds is 2. The molecule has 1 spiro atoms. The van der Waals surface area contributed by atoms with Crippen molar-refractivity contribution in [3.8, 4) is 11.4 Å². The van der Waals surface area contributed by atoms with Gasteiger partial charge >= 0.3 is 0 Å². The number of H-pyrrole nitrogens is 1. The minimum atomic E-state index is 0.476. The molecule has 0 bridgehead atoms. The zero-order chi connectivity index (χ0) is 12.2. The van der Waals surface area contributed by atoms with Crippen LogP contribution in [0.1, 0.15) is 43.9 Å². The lowest BCUT2D eigenvalue weighted by atomic mass is 9.93. The summed E-state index contributed by atoms with van der Waals surface area (Å²) in [5.41, 5.74) is 1.35. The molecule has 0 aromatic carbocycles. The van der Waals surface area contributed by atoms with E-state index in [0.29, 0.717) is 17.2 Å². The van der Waals surface area contributed by atoms with Gasteiger partial charge in [0.25, 0.3) is 0 Å². The summed E-state index contributed by atoms with van der Waals surface area (Å²) in [5.74, 6) is 1.91. The van der Waals surface area contributed by atoms with Gasteiger partial charge in [-0.2, -0.15) is 10.1 Å². The van der Waals surface area contributed by atoms with Crippen molar-refractivity contribution in [2.45, 2.75) is 38.0 Å². The molecule has 2 aliphatic carbocycles. The van der Waals surface area contributed by atoms with Crippen LogP contribution in [-0.2, 0) is 0 Å². The lowest BCUT2D eigenvalue weighted by molar-refractivity contribution is 0.314. The monoisotopic (exact) mass is 308 g/mol. The fourth-order valence-electron chi connectivity index (χ4n) is 3.20. The van der Waals surface area contributed by atoms with Crippen LogP contribution in [-0.4, -0.2) is 20.3 Å². The van der Waals surface area contributed by atoms with Gasteiger partial charge in [-0.25, -0.2) is 0 Å². The molecule has 2 heterocycles. The van der Waals surface area contributed by atoms with Crippen molar-refractivity contribution < 1.29 is 4.52 Å². The highest BCUT2D eigenvalue weighted by atomic mass is 79.9. The summed E-state index contributed by atoms with van der Waals surface area (Å²) < 4.78 is 6.27. The third kappa shape index (κ3) is 1.48. The molecule has 4 rings (SSSR count). The lowest BCUT2D eigenvalue weighted by Crippen LogP contribution is -2.06. The Labute approximate surface area is 112 Å². The van der Waals surface area contributed by atoms with E-state index < -0.39 is 0 Å². The van der Waals surface area contributed by atoms with Gasteiger partial charge < -0.3 is 4.52 Å². The first-order chi connectivity index (χ1) is 8.78. The number of hydrogen-bond acceptors (Lipinski definition) is 4. The summed E-state index contributed by atoms with van der Waals surface area (Å²) in [4.78, 5) is 4.56. The molecule has 1 unspecified atom stereocenters. The predicted molar refractivity (Wildman–Crippen MR) is 67.8 cm³/mol. The quantitative estimate of drug-likeness (QED) is 0.924. The predicted octanol–water partition coefficient (Wildman–Crippen LogP) is 3.27. The Morgan fingerprint density at radius 2 is 2.28 bits per heavy atom. The summed E-state index contributed by atoms with van der Waals surface area (Å²) >= 11 is 3.39. The van der Waals surface area contributed by atoms with Crippen LogP contribution >= 0.6 is 15.9 Å². The van der Waals surface area contributed by atoms with E-state index in [2.05, 4.69) is 36.3 Å². The van der Waals surface area contributed by atoms with E-state index in [-0.39, 0.29) is 0 Å². The molecule has 2 aliphatic rings. The van der Waals surface area contributed by atoms with Gasteiger partial charge in [0.2, 0.25) is 11.7 Å². The number of aromatic amines is 1. The lowest BCUT2D eigenvalue weighted by Gasteiger charge is -2.12. The Bertz CT molecular complexity index is 586. The van der Waals surface area contributed by atoms with Crippen molar-refractivity contribution in [3.63, 3.8) is 0 Å². The molecule has 2 saturated carbocycles. The van der Waals surface area contributed by atoms with Gasteiger partial charge in [-0.3, -0.25) is 5.10 Å². The fourth-order valence-corrected chi connectivity index (χ4v) is 3.58. The van der Waals surface area contributed by atoms with Gasteiger partial charge in [-0.05, 0) is 47.0 Å². The van der Waals surface area contributed by atoms with E-state index in [1.165, 1.54) is 32.1 Å². The standard InChI is InChI=1S/C12H13BrN4O/c13-9-7(6-14-16-9)10-15-11(18-17-10)8-2-1-3-12(8)4-5-12/h6,8H,1-5H2,(H,14,16). The highest BCUT2D eigenvalue weighted by Crippen LogP contribution is 2.64. The van der Waals surface area contributed by atoms with Crippen LogP contribution in [0.15, 0.2) is 15.3 Å². The summed E-state index contributed by atoms with van der Waals surface area (Å²) in [5, 5.41) is 10.9. The maximum absolute atomic E-state index is 5.48. The van der Waals surface area contributed by atoms with Crippen molar-refractivity contribution in [2.75, 3.05) is 0 Å². The second-order valence-corrected chi connectivity index (χ2v) is 6.15. The first kappa shape index (κ1) is 10.7. The third-order valence-electron chi connectivity index (χ3n) is 4.37. The minimum absolute atomic E-state index is 0.476. The summed E-state index contributed by atoms with van der Waals surface area (Å²) in [7, 11) is 0. The molecule has 0 amide bonds. The molecule has 5 nitrogen and oxygen atoms in total. The van der Waals surface area contributed by atoms with Crippen LogP contribution in [0.4, 0.5) is 0 Å². The molecule has 2 aromatic rings. The minimum Gasteiger partial charge on any atom is -0.339 e. The number of nitrogens with one attached hydrogen (secondary N) is 1. The van der Waals surface area contributed by atoms with Crippen LogP contribution < -0.4 is 0 Å². The Balaban J connectivity index is 1.68. The SMILES string of the molecule is Brc1[nH]ncc1-c1noc(C2CCCC23CC3)n1. The van der Waals surface area contributed by atoms with Crippen molar-refractivity contribution in [2.24, 2.45) is 5.41 Å². The van der Waals surface area contributed by atoms with E-state index in [9.17, 15) is 0 Å². The normalized spacial score (nSPS) is 24.8. The summed E-state index contributed by atoms with van der Waals surface area (Å²) in [6, 6.07) is 0. The van der Waals surface area contributed by atoms with Crippen LogP contribution in [0.3, 0.4) is 0 Å². The van der Waals surface area contributed by atoms with Gasteiger partial charge in [0.1, 0.15) is 4.60 Å². The second kappa shape index (κ2) is 3.66. The Hall–Kier alpha value is -1.17. The van der Waals surface area contributed by atoms with Gasteiger partial charge in [0.15, 0.2) is 0 Å². The van der Waals surface area contributed by atoms with Gasteiger partial charge in [-0.15, -0.1) is 0 Å². The second-order valence-electron chi connectivity index (χ2n) is 5.36. The fraction of sp³-hybridized carbons (Fsp3) is 0.583. The number of nitrogens with zero attached hydrogens (tertiary/aromatic N) is 3. The van der Waals surface area contributed by atoms with Crippen molar-refractivity contribution in [1.82, 2.24) is 20.3 Å². The number of hydrogen-bond donors (Lipinski definition) is 1. The van der Waals surface area contributed by atoms with Crippen molar-refractivity contribution in [1.29, 1.82) is 0 Å². The van der Waals surface area contributed by atoms with Crippen molar-refractivity contribution in [3.05, 3.63) is 16.7 Å². The molecule has 0 radical (unpaired) electrons. The van der Waals surface area contributed by atoms with Crippen LogP contribution in [0.2, 0.25) is 0 Å². The molecule has 94 valence electrons. The van der Waals surface area contributed by atoms with E-state index in [0.717, 1.165) is 16.1 Å². The van der Waals surface area contributed by atoms with Crippen LogP contribution in [0.25, 0.3) is 11.4 Å². The summed E-state index contributed by atoms with van der Waals surface area (Å²) in [6.07, 6.45) is 8.16. The van der Waals surface area contributed by atoms with Gasteiger partial charge in [0.05, 0.1) is 11.8 Å². The van der Waals surface area contributed by atoms with E-state index in [4.69, 9.17) is 4.52 Å². The molecule has 1 atom stereocenters. The molecule has 18 heavy (non-hydrogen) atoms. The largest absolute Gasteiger partial charge is 0.339 e. The average Bonchev–Trinajstić information content (AvgIpc) is 2.73. The van der Waals surface area contributed by atoms with E-state index in [1.54, 1.807) is 6.20 Å². The highest BCUT2D eigenvalue weighted by Gasteiger charge is 2.54. The van der Waals surface area contributed by atoms with E-state index in [1.807, 2.05) is 0 Å². The Kier molecular flexibility index (Phi) is 2.18. The summed E-state index contributed by atoms with van der Waals surface area (Å²) in [6.45, 7) is 0. The Morgan fingerprint density at radius 3 is 3.00 bits per heavy atom. The first-order valence-corrected chi connectivity index (χ1v) is 7.11. The van der Waals surface area contributed by atoms with Crippen LogP contribution in [0, 0.1) is 5.41 Å². The molecule has 6 heteroatoms. The average molecular weight is 309 g/mol. The molecule has 2 aromatic heterocycles. The molecular weight excluding hydrogens is 296 g/mol. The third-order valence-corrected chi connectivity index (χ3v) is 4.98. The number of aromatic nitrogens is 4. The molecule has 1 N–H and O–H groups in total. The zero-order valence-electron chi connectivity index (χ0n) is 9.82. The van der Waals surface area contributed by atoms with Crippen LogP contribution in [0.5, 0.6) is 0 Å². The first-order valence-electron chi connectivity index (χ1n) is 6.31. The van der Waals surface area contributed by atoms with Gasteiger partial charge in [-0.1, -0.05) is 11.6 Å². The topological polar surface area (TPSA) is 67.6 Å². The zero-order valence-corrected chi connectivity index (χ0v) is 11.4. The molecular formula is C12H13BrN4O. The number of halogens is 1. The Morgan fingerprint density at radius 1 is 1.39 bits per heavy atom. The van der Waals surface area contributed by atoms with E-state index >= 15 is 0 Å². The van der Waals surface area contributed by atoms with Crippen molar-refractivity contribution >= 4 is 15.9 Å². The van der Waals surface area contributed by atoms with Gasteiger partial charge in [0, 0.05) is 5.92 Å². The maximum Gasteiger partial charge on any atom is 0.230 e. The maximum atomic E-state index is 5.48. The smallest absolute Gasteiger partial charge is 0.230 e. The molecule has 2 fully saturated rings. The molecule has 0 saturated heterocycles. The highest BCUT2D eigenvalue weighted by molar-refractivity contribution is 9.10.